The summed E-state index contributed by atoms with van der Waals surface area (Å²) >= 11 is 0. The fourth-order valence-corrected chi connectivity index (χ4v) is 1.73. The van der Waals surface area contributed by atoms with Gasteiger partial charge in [-0.05, 0) is 12.1 Å². The molecular weight excluding hydrogens is 289 g/mol. The van der Waals surface area contributed by atoms with Crippen LogP contribution in [-0.2, 0) is 6.54 Å². The molecule has 0 unspecified atom stereocenters. The Morgan fingerprint density at radius 3 is 2.68 bits per heavy atom. The normalized spacial score (nSPS) is 10.8. The van der Waals surface area contributed by atoms with Crippen LogP contribution in [0.3, 0.4) is 0 Å². The SMILES string of the molecule is O=C(NC/C=C\Cn1cc(F)c(=O)[nH]c1=O)c1ccccc1. The van der Waals surface area contributed by atoms with E-state index in [1.807, 2.05) is 11.1 Å². The molecule has 0 saturated carbocycles. The van der Waals surface area contributed by atoms with Crippen molar-refractivity contribution < 1.29 is 9.18 Å². The van der Waals surface area contributed by atoms with Gasteiger partial charge in [0.25, 0.3) is 11.5 Å². The summed E-state index contributed by atoms with van der Waals surface area (Å²) in [6.45, 7) is 0.363. The Balaban J connectivity index is 1.87. The fraction of sp³-hybridized carbons (Fsp3) is 0.133. The average Bonchev–Trinajstić information content (AvgIpc) is 2.52. The molecule has 0 aliphatic heterocycles. The van der Waals surface area contributed by atoms with Crippen LogP contribution in [0, 0.1) is 5.82 Å². The predicted octanol–water partition coefficient (Wildman–Crippen LogP) is 0.662. The molecule has 6 nitrogen and oxygen atoms in total. The number of H-pyrrole nitrogens is 1. The van der Waals surface area contributed by atoms with Crippen LogP contribution in [-0.4, -0.2) is 22.0 Å². The number of allylic oxidation sites excluding steroid dienone is 1. The van der Waals surface area contributed by atoms with Gasteiger partial charge in [-0.3, -0.25) is 19.1 Å². The summed E-state index contributed by atoms with van der Waals surface area (Å²) in [5.41, 5.74) is -1.18. The van der Waals surface area contributed by atoms with Crippen LogP contribution in [0.15, 0.2) is 58.3 Å². The minimum absolute atomic E-state index is 0.0910. The van der Waals surface area contributed by atoms with Crippen molar-refractivity contribution in [2.24, 2.45) is 0 Å². The number of amides is 1. The molecule has 0 fully saturated rings. The molecule has 2 rings (SSSR count). The van der Waals surface area contributed by atoms with Crippen LogP contribution in [0.25, 0.3) is 0 Å². The number of aromatic nitrogens is 2. The number of halogens is 1. The quantitative estimate of drug-likeness (QED) is 0.796. The van der Waals surface area contributed by atoms with Gasteiger partial charge < -0.3 is 5.32 Å². The number of rotatable bonds is 5. The summed E-state index contributed by atoms with van der Waals surface area (Å²) in [6, 6.07) is 8.74. The summed E-state index contributed by atoms with van der Waals surface area (Å²) in [5, 5.41) is 2.68. The van der Waals surface area contributed by atoms with Crippen molar-refractivity contribution >= 4 is 5.91 Å². The van der Waals surface area contributed by atoms with Gasteiger partial charge in [0, 0.05) is 18.7 Å². The average molecular weight is 303 g/mol. The molecule has 1 amide bonds. The lowest BCUT2D eigenvalue weighted by Gasteiger charge is -2.02. The summed E-state index contributed by atoms with van der Waals surface area (Å²) in [6.07, 6.45) is 4.06. The second-order valence-electron chi connectivity index (χ2n) is 4.44. The lowest BCUT2D eigenvalue weighted by molar-refractivity contribution is 0.0958. The minimum Gasteiger partial charge on any atom is -0.349 e. The van der Waals surface area contributed by atoms with Crippen molar-refractivity contribution in [1.82, 2.24) is 14.9 Å². The second-order valence-corrected chi connectivity index (χ2v) is 4.44. The van der Waals surface area contributed by atoms with Gasteiger partial charge in [-0.2, -0.15) is 4.39 Å². The van der Waals surface area contributed by atoms with E-state index in [4.69, 9.17) is 0 Å². The standard InChI is InChI=1S/C15H14FN3O3/c16-12-10-19(15(22)18-14(12)21)9-5-4-8-17-13(20)11-6-2-1-3-7-11/h1-7,10H,8-9H2,(H,17,20)(H,18,21,22)/b5-4-. The van der Waals surface area contributed by atoms with E-state index in [1.165, 1.54) is 0 Å². The highest BCUT2D eigenvalue weighted by atomic mass is 19.1. The maximum Gasteiger partial charge on any atom is 0.328 e. The molecule has 0 radical (unpaired) electrons. The molecular formula is C15H14FN3O3. The largest absolute Gasteiger partial charge is 0.349 e. The number of carbonyl (C=O) groups excluding carboxylic acids is 1. The third kappa shape index (κ3) is 4.02. The van der Waals surface area contributed by atoms with Crippen LogP contribution in [0.5, 0.6) is 0 Å². The van der Waals surface area contributed by atoms with Crippen molar-refractivity contribution in [3.8, 4) is 0 Å². The Hall–Kier alpha value is -2.96. The van der Waals surface area contributed by atoms with Crippen LogP contribution in [0.2, 0.25) is 0 Å². The number of aromatic amines is 1. The van der Waals surface area contributed by atoms with Crippen LogP contribution < -0.4 is 16.6 Å². The number of hydrogen-bond donors (Lipinski definition) is 2. The molecule has 22 heavy (non-hydrogen) atoms. The Bertz CT molecular complexity index is 794. The van der Waals surface area contributed by atoms with Gasteiger partial charge >= 0.3 is 5.69 Å². The summed E-state index contributed by atoms with van der Waals surface area (Å²) < 4.78 is 14.1. The smallest absolute Gasteiger partial charge is 0.328 e. The Morgan fingerprint density at radius 1 is 1.23 bits per heavy atom. The number of nitrogens with zero attached hydrogens (tertiary/aromatic N) is 1. The molecule has 0 saturated heterocycles. The van der Waals surface area contributed by atoms with E-state index >= 15 is 0 Å². The molecule has 114 valence electrons. The number of nitrogens with one attached hydrogen (secondary N) is 2. The molecule has 1 heterocycles. The van der Waals surface area contributed by atoms with E-state index in [0.29, 0.717) is 5.56 Å². The van der Waals surface area contributed by atoms with E-state index in [9.17, 15) is 18.8 Å². The second kappa shape index (κ2) is 7.16. The molecule has 1 aromatic carbocycles. The van der Waals surface area contributed by atoms with Crippen molar-refractivity contribution in [3.63, 3.8) is 0 Å². The van der Waals surface area contributed by atoms with E-state index in [-0.39, 0.29) is 19.0 Å². The van der Waals surface area contributed by atoms with Gasteiger partial charge in [-0.25, -0.2) is 4.79 Å². The van der Waals surface area contributed by atoms with Gasteiger partial charge in [0.15, 0.2) is 0 Å². The van der Waals surface area contributed by atoms with E-state index in [0.717, 1.165) is 10.8 Å². The zero-order valence-corrected chi connectivity index (χ0v) is 11.6. The van der Waals surface area contributed by atoms with Gasteiger partial charge in [0.2, 0.25) is 5.82 Å². The topological polar surface area (TPSA) is 84.0 Å². The lowest BCUT2D eigenvalue weighted by atomic mass is 10.2. The van der Waals surface area contributed by atoms with Crippen molar-refractivity contribution in [2.75, 3.05) is 6.54 Å². The van der Waals surface area contributed by atoms with Crippen LogP contribution in [0.4, 0.5) is 4.39 Å². The van der Waals surface area contributed by atoms with Crippen molar-refractivity contribution in [2.45, 2.75) is 6.54 Å². The van der Waals surface area contributed by atoms with Gasteiger partial charge in [0.1, 0.15) is 0 Å². The molecule has 0 spiro atoms. The zero-order chi connectivity index (χ0) is 15.9. The Labute approximate surface area is 124 Å². The summed E-state index contributed by atoms with van der Waals surface area (Å²) in [7, 11) is 0. The number of carbonyl (C=O) groups is 1. The number of benzene rings is 1. The van der Waals surface area contributed by atoms with Crippen molar-refractivity contribution in [3.05, 3.63) is 80.9 Å². The van der Waals surface area contributed by atoms with Gasteiger partial charge in [0.05, 0.1) is 6.20 Å². The minimum atomic E-state index is -1.04. The molecule has 2 N–H and O–H groups in total. The third-order valence-electron chi connectivity index (χ3n) is 2.85. The first-order valence-corrected chi connectivity index (χ1v) is 6.55. The maximum absolute atomic E-state index is 13.0. The van der Waals surface area contributed by atoms with Crippen LogP contribution >= 0.6 is 0 Å². The van der Waals surface area contributed by atoms with Crippen molar-refractivity contribution in [1.29, 1.82) is 0 Å². The molecule has 2 aromatic rings. The van der Waals surface area contributed by atoms with E-state index < -0.39 is 17.1 Å². The van der Waals surface area contributed by atoms with Gasteiger partial charge in [-0.15, -0.1) is 0 Å². The Morgan fingerprint density at radius 2 is 1.95 bits per heavy atom. The maximum atomic E-state index is 13.0. The van der Waals surface area contributed by atoms with E-state index in [2.05, 4.69) is 5.32 Å². The molecule has 0 bridgehead atoms. The van der Waals surface area contributed by atoms with Crippen LogP contribution in [0.1, 0.15) is 10.4 Å². The molecule has 7 heteroatoms. The first kappa shape index (κ1) is 15.4. The highest BCUT2D eigenvalue weighted by Gasteiger charge is 2.02. The third-order valence-corrected chi connectivity index (χ3v) is 2.85. The molecule has 0 atom stereocenters. The zero-order valence-electron chi connectivity index (χ0n) is 11.6. The Kier molecular flexibility index (Phi) is 5.02. The molecule has 0 aliphatic rings. The fourth-order valence-electron chi connectivity index (χ4n) is 1.73. The summed E-state index contributed by atoms with van der Waals surface area (Å²) in [4.78, 5) is 35.8. The highest BCUT2D eigenvalue weighted by Crippen LogP contribution is 1.97. The van der Waals surface area contributed by atoms with E-state index in [1.54, 1.807) is 36.4 Å². The lowest BCUT2D eigenvalue weighted by Crippen LogP contribution is -2.31. The predicted molar refractivity (Wildman–Crippen MR) is 79.2 cm³/mol. The first-order valence-electron chi connectivity index (χ1n) is 6.55. The highest BCUT2D eigenvalue weighted by molar-refractivity contribution is 5.94. The first-order chi connectivity index (χ1) is 10.6. The summed E-state index contributed by atoms with van der Waals surface area (Å²) in [5.74, 6) is -1.23. The molecule has 0 aliphatic carbocycles. The number of hydrogen-bond acceptors (Lipinski definition) is 3. The molecule has 1 aromatic heterocycles. The van der Waals surface area contributed by atoms with Gasteiger partial charge in [-0.1, -0.05) is 30.4 Å². The monoisotopic (exact) mass is 303 g/mol.